The Balaban J connectivity index is 0. The smallest absolute Gasteiger partial charge is 0.305 e. The zero-order valence-electron chi connectivity index (χ0n) is 3.09. The van der Waals surface area contributed by atoms with E-state index in [1.165, 1.54) is 0 Å². The van der Waals surface area contributed by atoms with Gasteiger partial charge in [-0.25, -0.2) is 0 Å². The molecule has 0 saturated heterocycles. The number of quaternary nitrogens is 1. The second kappa shape index (κ2) is 2.25. The molecule has 0 heterocycles. The minimum absolute atomic E-state index is 0. The highest BCUT2D eigenvalue weighted by Crippen LogP contribution is 2.28. The minimum atomic E-state index is -5.39. The molecular formula is H5FNO3P. The zero-order valence-corrected chi connectivity index (χ0v) is 3.98. The molecule has 1 atom stereocenters. The first-order chi connectivity index (χ1) is 2.00. The van der Waals surface area contributed by atoms with Gasteiger partial charge >= 0.3 is 7.91 Å². The van der Waals surface area contributed by atoms with E-state index in [9.17, 15) is 4.20 Å². The highest BCUT2D eigenvalue weighted by atomic mass is 31.2. The van der Waals surface area contributed by atoms with Gasteiger partial charge in [0.2, 0.25) is 0 Å². The van der Waals surface area contributed by atoms with Crippen LogP contribution in [0.15, 0.2) is 0 Å². The van der Waals surface area contributed by atoms with Crippen molar-refractivity contribution in [1.82, 2.24) is 6.15 Å². The van der Waals surface area contributed by atoms with Gasteiger partial charge in [-0.1, -0.05) is 0 Å². The third-order valence-electron chi connectivity index (χ3n) is 0. The SMILES string of the molecule is O=P([O-])(O)F.[NH4+]. The minimum Gasteiger partial charge on any atom is -0.753 e. The summed E-state index contributed by atoms with van der Waals surface area (Å²) in [4.78, 5) is 15.4. The van der Waals surface area contributed by atoms with Gasteiger partial charge in [-0.05, 0) is 0 Å². The van der Waals surface area contributed by atoms with Crippen LogP contribution >= 0.6 is 7.91 Å². The first-order valence-corrected chi connectivity index (χ1v) is 2.20. The summed E-state index contributed by atoms with van der Waals surface area (Å²) < 4.78 is 18.8. The molecule has 1 unspecified atom stereocenters. The van der Waals surface area contributed by atoms with Crippen molar-refractivity contribution in [2.75, 3.05) is 0 Å². The van der Waals surface area contributed by atoms with Gasteiger partial charge in [-0.2, -0.15) is 4.20 Å². The largest absolute Gasteiger partial charge is 0.753 e. The molecule has 6 heavy (non-hydrogen) atoms. The summed E-state index contributed by atoms with van der Waals surface area (Å²) in [6.45, 7) is 0. The summed E-state index contributed by atoms with van der Waals surface area (Å²) in [6, 6.07) is 0. The van der Waals surface area contributed by atoms with Crippen molar-refractivity contribution in [3.63, 3.8) is 0 Å². The van der Waals surface area contributed by atoms with E-state index in [2.05, 4.69) is 0 Å². The van der Waals surface area contributed by atoms with Gasteiger partial charge in [-0.15, -0.1) is 0 Å². The van der Waals surface area contributed by atoms with E-state index in [1.807, 2.05) is 0 Å². The van der Waals surface area contributed by atoms with Crippen LogP contribution in [0.1, 0.15) is 0 Å². The Labute approximate surface area is 33.8 Å². The van der Waals surface area contributed by atoms with Crippen molar-refractivity contribution >= 4 is 7.91 Å². The molecule has 0 saturated carbocycles. The van der Waals surface area contributed by atoms with Crippen LogP contribution in [0.4, 0.5) is 4.20 Å². The van der Waals surface area contributed by atoms with Crippen molar-refractivity contribution in [2.24, 2.45) is 0 Å². The Morgan fingerprint density at radius 2 is 1.83 bits per heavy atom. The summed E-state index contributed by atoms with van der Waals surface area (Å²) in [5.41, 5.74) is 0. The topological polar surface area (TPSA) is 96.9 Å². The number of rotatable bonds is 0. The van der Waals surface area contributed by atoms with Crippen LogP contribution in [-0.2, 0) is 4.57 Å². The van der Waals surface area contributed by atoms with Crippen LogP contribution in [0.2, 0.25) is 0 Å². The van der Waals surface area contributed by atoms with E-state index in [1.54, 1.807) is 0 Å². The zero-order chi connectivity index (χ0) is 4.50. The summed E-state index contributed by atoms with van der Waals surface area (Å²) >= 11 is 0. The highest BCUT2D eigenvalue weighted by Gasteiger charge is 1.87. The molecule has 0 spiro atoms. The van der Waals surface area contributed by atoms with Crippen molar-refractivity contribution in [3.05, 3.63) is 0 Å². The average Bonchev–Trinajstić information content (AvgIpc) is 0.722. The summed E-state index contributed by atoms with van der Waals surface area (Å²) in [5.74, 6) is 0. The summed E-state index contributed by atoms with van der Waals surface area (Å²) in [7, 11) is -5.39. The fourth-order valence-corrected chi connectivity index (χ4v) is 0. The van der Waals surface area contributed by atoms with E-state index in [0.717, 1.165) is 0 Å². The maximum absolute atomic E-state index is 10.2. The predicted molar refractivity (Wildman–Crippen MR) is 16.9 cm³/mol. The lowest BCUT2D eigenvalue weighted by Crippen LogP contribution is -1.89. The lowest BCUT2D eigenvalue weighted by Gasteiger charge is -1.97. The molecule has 0 rings (SSSR count). The Bertz CT molecular complexity index is 56.9. The normalized spacial score (nSPS) is 17.8. The molecule has 0 bridgehead atoms. The fraction of sp³-hybridized carbons (Fsp3) is 0. The fourth-order valence-electron chi connectivity index (χ4n) is 0. The molecule has 6 heteroatoms. The monoisotopic (exact) mass is 117 g/mol. The molecule has 0 fully saturated rings. The number of hydrogen-bond acceptors (Lipinski definition) is 2. The van der Waals surface area contributed by atoms with Gasteiger partial charge < -0.3 is 15.9 Å². The summed E-state index contributed by atoms with van der Waals surface area (Å²) in [6.07, 6.45) is 0. The molecule has 0 aliphatic rings. The lowest BCUT2D eigenvalue weighted by molar-refractivity contribution is -0.206. The quantitative estimate of drug-likeness (QED) is 0.429. The molecule has 4 nitrogen and oxygen atoms in total. The van der Waals surface area contributed by atoms with Crippen LogP contribution in [0.3, 0.4) is 0 Å². The van der Waals surface area contributed by atoms with Crippen molar-refractivity contribution in [2.45, 2.75) is 0 Å². The number of hydrogen-bond donors (Lipinski definition) is 2. The average molecular weight is 117 g/mol. The predicted octanol–water partition coefficient (Wildman–Crippen LogP) is -0.207. The Hall–Kier alpha value is 0.0400. The van der Waals surface area contributed by atoms with Crippen LogP contribution in [0, 0.1) is 0 Å². The molecule has 0 aliphatic carbocycles. The van der Waals surface area contributed by atoms with Gasteiger partial charge in [0.05, 0.1) is 0 Å². The Kier molecular flexibility index (Phi) is 3.53. The third-order valence-corrected chi connectivity index (χ3v) is 0. The molecule has 5 N–H and O–H groups in total. The van der Waals surface area contributed by atoms with Crippen molar-refractivity contribution in [1.29, 1.82) is 0 Å². The molecular weight excluding hydrogens is 112 g/mol. The van der Waals surface area contributed by atoms with Crippen molar-refractivity contribution in [3.8, 4) is 0 Å². The first kappa shape index (κ1) is 9.40. The van der Waals surface area contributed by atoms with E-state index in [4.69, 9.17) is 14.4 Å². The second-order valence-electron chi connectivity index (χ2n) is 0.451. The molecule has 0 radical (unpaired) electrons. The highest BCUT2D eigenvalue weighted by molar-refractivity contribution is 7.44. The number of halogens is 1. The molecule has 0 aromatic rings. The maximum atomic E-state index is 10.2. The van der Waals surface area contributed by atoms with Crippen LogP contribution < -0.4 is 11.0 Å². The van der Waals surface area contributed by atoms with E-state index < -0.39 is 7.91 Å². The van der Waals surface area contributed by atoms with E-state index >= 15 is 0 Å². The van der Waals surface area contributed by atoms with Crippen LogP contribution in [0.25, 0.3) is 0 Å². The summed E-state index contributed by atoms with van der Waals surface area (Å²) in [5, 5.41) is 0. The van der Waals surface area contributed by atoms with Gasteiger partial charge in [0.1, 0.15) is 0 Å². The van der Waals surface area contributed by atoms with Crippen molar-refractivity contribution < 1.29 is 18.5 Å². The standard InChI is InChI=1S/FH2O3P.H3N/c1-5(2,3)4;/h(H2,2,3,4);1H3. The third kappa shape index (κ3) is 23300. The van der Waals surface area contributed by atoms with Crippen LogP contribution in [-0.4, -0.2) is 4.89 Å². The molecule has 0 aliphatic heterocycles. The molecule has 40 valence electrons. The first-order valence-electron chi connectivity index (χ1n) is 0.734. The molecule has 0 aromatic heterocycles. The van der Waals surface area contributed by atoms with Crippen LogP contribution in [0.5, 0.6) is 0 Å². The van der Waals surface area contributed by atoms with Gasteiger partial charge in [0.15, 0.2) is 0 Å². The maximum Gasteiger partial charge on any atom is 0.305 e. The second-order valence-corrected chi connectivity index (χ2v) is 1.35. The van der Waals surface area contributed by atoms with E-state index in [0.29, 0.717) is 0 Å². The Morgan fingerprint density at radius 3 is 1.83 bits per heavy atom. The van der Waals surface area contributed by atoms with E-state index in [-0.39, 0.29) is 6.15 Å². The molecule has 0 amide bonds. The van der Waals surface area contributed by atoms with Gasteiger partial charge in [0, 0.05) is 0 Å². The lowest BCUT2D eigenvalue weighted by atomic mass is 14.0. The molecule has 0 aromatic carbocycles. The Morgan fingerprint density at radius 1 is 1.83 bits per heavy atom. The van der Waals surface area contributed by atoms with Gasteiger partial charge in [-0.3, -0.25) is 4.57 Å². The van der Waals surface area contributed by atoms with Gasteiger partial charge in [0.25, 0.3) is 0 Å².